The van der Waals surface area contributed by atoms with E-state index in [4.69, 9.17) is 9.26 Å². The minimum atomic E-state index is -0.0794. The van der Waals surface area contributed by atoms with E-state index in [1.807, 2.05) is 43.3 Å². The van der Waals surface area contributed by atoms with Gasteiger partial charge in [0.1, 0.15) is 5.75 Å². The number of ether oxygens (including phenoxy) is 1. The van der Waals surface area contributed by atoms with Crippen LogP contribution in [0.4, 0.5) is 0 Å². The molecule has 30 heavy (non-hydrogen) atoms. The molecular formula is C24H27N3O3. The molecule has 1 N–H and O–H groups in total. The van der Waals surface area contributed by atoms with Crippen LogP contribution in [-0.2, 0) is 4.79 Å². The standard InChI is InChI=1S/C24H27N3O3/c1-17-7-9-19(10-8-17)23-26-24(30-27-23)20-11-13-21(14-12-20)29-16-22(28)25-15-18-5-3-2-4-6-18/h7-14,18H,2-6,15-16H2,1H3,(H,25,28). The second-order valence-corrected chi connectivity index (χ2v) is 7.91. The van der Waals surface area contributed by atoms with Gasteiger partial charge < -0.3 is 14.6 Å². The van der Waals surface area contributed by atoms with Gasteiger partial charge in [-0.25, -0.2) is 0 Å². The van der Waals surface area contributed by atoms with Crippen molar-refractivity contribution >= 4 is 5.91 Å². The van der Waals surface area contributed by atoms with Crippen LogP contribution in [0.25, 0.3) is 22.8 Å². The van der Waals surface area contributed by atoms with Crippen LogP contribution in [0.5, 0.6) is 5.75 Å². The molecule has 1 heterocycles. The Balaban J connectivity index is 1.28. The maximum absolute atomic E-state index is 12.0. The molecule has 1 aliphatic carbocycles. The fourth-order valence-electron chi connectivity index (χ4n) is 3.70. The second kappa shape index (κ2) is 9.57. The topological polar surface area (TPSA) is 77.2 Å². The summed E-state index contributed by atoms with van der Waals surface area (Å²) in [6.45, 7) is 2.81. The van der Waals surface area contributed by atoms with Crippen molar-refractivity contribution in [3.8, 4) is 28.6 Å². The quantitative estimate of drug-likeness (QED) is 0.612. The lowest BCUT2D eigenvalue weighted by molar-refractivity contribution is -0.123. The van der Waals surface area contributed by atoms with Gasteiger partial charge in [0.25, 0.3) is 11.8 Å². The molecule has 6 nitrogen and oxygen atoms in total. The Hall–Kier alpha value is -3.15. The number of hydrogen-bond acceptors (Lipinski definition) is 5. The molecule has 156 valence electrons. The zero-order valence-corrected chi connectivity index (χ0v) is 17.3. The largest absolute Gasteiger partial charge is 0.484 e. The van der Waals surface area contributed by atoms with Gasteiger partial charge in [0, 0.05) is 17.7 Å². The summed E-state index contributed by atoms with van der Waals surface area (Å²) in [5.74, 6) is 2.16. The van der Waals surface area contributed by atoms with Crippen molar-refractivity contribution in [2.45, 2.75) is 39.0 Å². The summed E-state index contributed by atoms with van der Waals surface area (Å²) in [6.07, 6.45) is 6.29. The lowest BCUT2D eigenvalue weighted by atomic mass is 9.89. The molecule has 1 amide bonds. The van der Waals surface area contributed by atoms with Crippen molar-refractivity contribution in [3.63, 3.8) is 0 Å². The predicted molar refractivity (Wildman–Crippen MR) is 115 cm³/mol. The Morgan fingerprint density at radius 3 is 2.47 bits per heavy atom. The van der Waals surface area contributed by atoms with E-state index in [9.17, 15) is 4.79 Å². The van der Waals surface area contributed by atoms with Gasteiger partial charge in [-0.3, -0.25) is 4.79 Å². The summed E-state index contributed by atoms with van der Waals surface area (Å²) in [4.78, 5) is 16.5. The van der Waals surface area contributed by atoms with Crippen LogP contribution in [0.3, 0.4) is 0 Å². The van der Waals surface area contributed by atoms with Crippen LogP contribution < -0.4 is 10.1 Å². The first-order chi connectivity index (χ1) is 14.7. The van der Waals surface area contributed by atoms with Crippen LogP contribution in [0.1, 0.15) is 37.7 Å². The number of hydrogen-bond donors (Lipinski definition) is 1. The number of aromatic nitrogens is 2. The monoisotopic (exact) mass is 405 g/mol. The van der Waals surface area contributed by atoms with E-state index in [0.717, 1.165) is 17.7 Å². The summed E-state index contributed by atoms with van der Waals surface area (Å²) in [5, 5.41) is 7.05. The number of carbonyl (C=O) groups is 1. The maximum Gasteiger partial charge on any atom is 0.258 e. The number of nitrogens with zero attached hydrogens (tertiary/aromatic N) is 2. The molecule has 0 bridgehead atoms. The molecule has 1 aliphatic rings. The number of rotatable bonds is 7. The number of aryl methyl sites for hydroxylation is 1. The normalized spacial score (nSPS) is 14.4. The molecule has 6 heteroatoms. The number of amides is 1. The van der Waals surface area contributed by atoms with Gasteiger partial charge in [-0.05, 0) is 49.9 Å². The maximum atomic E-state index is 12.0. The molecule has 3 aromatic rings. The molecule has 0 atom stereocenters. The van der Waals surface area contributed by atoms with Crippen molar-refractivity contribution < 1.29 is 14.1 Å². The highest BCUT2D eigenvalue weighted by Gasteiger charge is 2.15. The molecule has 0 unspecified atom stereocenters. The highest BCUT2D eigenvalue weighted by Crippen LogP contribution is 2.25. The molecule has 0 saturated heterocycles. The van der Waals surface area contributed by atoms with E-state index in [0.29, 0.717) is 23.4 Å². The van der Waals surface area contributed by atoms with Crippen LogP contribution in [0.2, 0.25) is 0 Å². The Kier molecular flexibility index (Phi) is 6.42. The van der Waals surface area contributed by atoms with E-state index in [2.05, 4.69) is 15.5 Å². The highest BCUT2D eigenvalue weighted by atomic mass is 16.5. The summed E-state index contributed by atoms with van der Waals surface area (Å²) < 4.78 is 11.0. The van der Waals surface area contributed by atoms with E-state index in [1.54, 1.807) is 12.1 Å². The van der Waals surface area contributed by atoms with Gasteiger partial charge >= 0.3 is 0 Å². The summed E-state index contributed by atoms with van der Waals surface area (Å²) in [5.41, 5.74) is 2.89. The Morgan fingerprint density at radius 1 is 1.03 bits per heavy atom. The minimum absolute atomic E-state index is 0.0181. The molecule has 2 aromatic carbocycles. The number of carbonyl (C=O) groups excluding carboxylic acids is 1. The number of benzene rings is 2. The van der Waals surface area contributed by atoms with E-state index >= 15 is 0 Å². The summed E-state index contributed by atoms with van der Waals surface area (Å²) in [6, 6.07) is 15.3. The van der Waals surface area contributed by atoms with E-state index < -0.39 is 0 Å². The third-order valence-corrected chi connectivity index (χ3v) is 5.52. The lowest BCUT2D eigenvalue weighted by Gasteiger charge is -2.21. The molecule has 1 fully saturated rings. The Bertz CT molecular complexity index is 958. The van der Waals surface area contributed by atoms with Crippen LogP contribution >= 0.6 is 0 Å². The van der Waals surface area contributed by atoms with Crippen molar-refractivity contribution in [1.82, 2.24) is 15.5 Å². The van der Waals surface area contributed by atoms with Crippen molar-refractivity contribution in [1.29, 1.82) is 0 Å². The average molecular weight is 405 g/mol. The average Bonchev–Trinajstić information content (AvgIpc) is 3.28. The van der Waals surface area contributed by atoms with Gasteiger partial charge in [0.05, 0.1) is 0 Å². The SMILES string of the molecule is Cc1ccc(-c2noc(-c3ccc(OCC(=O)NCC4CCCCC4)cc3)n2)cc1. The Morgan fingerprint density at radius 2 is 1.73 bits per heavy atom. The van der Waals surface area contributed by atoms with Gasteiger partial charge in [0.2, 0.25) is 5.82 Å². The zero-order valence-electron chi connectivity index (χ0n) is 17.3. The Labute approximate surface area is 176 Å². The molecule has 4 rings (SSSR count). The molecular weight excluding hydrogens is 378 g/mol. The van der Waals surface area contributed by atoms with Gasteiger partial charge in [-0.2, -0.15) is 4.98 Å². The van der Waals surface area contributed by atoms with Crippen LogP contribution in [0.15, 0.2) is 53.1 Å². The van der Waals surface area contributed by atoms with Gasteiger partial charge in [-0.1, -0.05) is 54.2 Å². The highest BCUT2D eigenvalue weighted by molar-refractivity contribution is 5.77. The molecule has 0 radical (unpaired) electrons. The fraction of sp³-hybridized carbons (Fsp3) is 0.375. The van der Waals surface area contributed by atoms with E-state index in [-0.39, 0.29) is 12.5 Å². The van der Waals surface area contributed by atoms with Gasteiger partial charge in [-0.15, -0.1) is 0 Å². The first-order valence-electron chi connectivity index (χ1n) is 10.6. The first kappa shape index (κ1) is 20.1. The lowest BCUT2D eigenvalue weighted by Crippen LogP contribution is -2.33. The smallest absolute Gasteiger partial charge is 0.258 e. The molecule has 1 aromatic heterocycles. The van der Waals surface area contributed by atoms with Crippen molar-refractivity contribution in [2.24, 2.45) is 5.92 Å². The molecule has 0 aliphatic heterocycles. The van der Waals surface area contributed by atoms with E-state index in [1.165, 1.54) is 37.7 Å². The van der Waals surface area contributed by atoms with Crippen LogP contribution in [0, 0.1) is 12.8 Å². The van der Waals surface area contributed by atoms with Gasteiger partial charge in [0.15, 0.2) is 6.61 Å². The number of nitrogens with one attached hydrogen (secondary N) is 1. The zero-order chi connectivity index (χ0) is 20.8. The molecule has 0 spiro atoms. The molecule has 1 saturated carbocycles. The third kappa shape index (κ3) is 5.26. The predicted octanol–water partition coefficient (Wildman–Crippen LogP) is 4.79. The van der Waals surface area contributed by atoms with Crippen LogP contribution in [-0.4, -0.2) is 29.2 Å². The minimum Gasteiger partial charge on any atom is -0.484 e. The fourth-order valence-corrected chi connectivity index (χ4v) is 3.70. The first-order valence-corrected chi connectivity index (χ1v) is 10.6. The third-order valence-electron chi connectivity index (χ3n) is 5.52. The second-order valence-electron chi connectivity index (χ2n) is 7.91. The summed E-state index contributed by atoms with van der Waals surface area (Å²) in [7, 11) is 0. The van der Waals surface area contributed by atoms with Crippen molar-refractivity contribution in [3.05, 3.63) is 54.1 Å². The van der Waals surface area contributed by atoms with Crippen molar-refractivity contribution in [2.75, 3.05) is 13.2 Å². The summed E-state index contributed by atoms with van der Waals surface area (Å²) >= 11 is 0.